The van der Waals surface area contributed by atoms with Gasteiger partial charge < -0.3 is 0 Å². The summed E-state index contributed by atoms with van der Waals surface area (Å²) in [6, 6.07) is 15.2. The van der Waals surface area contributed by atoms with Gasteiger partial charge in [-0.15, -0.1) is 0 Å². The van der Waals surface area contributed by atoms with Gasteiger partial charge in [0.25, 0.3) is 15.8 Å². The third-order valence-corrected chi connectivity index (χ3v) is 6.89. The Morgan fingerprint density at radius 3 is 2.53 bits per heavy atom. The first-order valence-electron chi connectivity index (χ1n) is 9.20. The molecule has 0 fully saturated rings. The van der Waals surface area contributed by atoms with E-state index in [1.165, 1.54) is 30.2 Å². The summed E-state index contributed by atoms with van der Waals surface area (Å²) < 4.78 is 29.3. The highest BCUT2D eigenvalue weighted by Gasteiger charge is 2.14. The lowest BCUT2D eigenvalue weighted by Crippen LogP contribution is -2.12. The second-order valence-electron chi connectivity index (χ2n) is 6.49. The van der Waals surface area contributed by atoms with Crippen LogP contribution in [0.1, 0.15) is 19.0 Å². The number of hydrogen-bond donors (Lipinski definition) is 1. The Labute approximate surface area is 183 Å². The number of nitrogens with zero attached hydrogens (tertiary/aromatic N) is 4. The van der Waals surface area contributed by atoms with Crippen LogP contribution >= 0.6 is 23.4 Å². The molecule has 2 aromatic heterocycles. The Balaban J connectivity index is 1.54. The molecule has 7 nitrogen and oxygen atoms in total. The van der Waals surface area contributed by atoms with Crippen LogP contribution in [0.4, 0.5) is 5.69 Å². The first-order valence-corrected chi connectivity index (χ1v) is 11.9. The molecule has 4 rings (SSSR count). The van der Waals surface area contributed by atoms with Crippen molar-refractivity contribution in [1.29, 1.82) is 0 Å². The zero-order chi connectivity index (χ0) is 21.1. The zero-order valence-corrected chi connectivity index (χ0v) is 18.4. The van der Waals surface area contributed by atoms with Crippen LogP contribution in [0.15, 0.2) is 75.7 Å². The van der Waals surface area contributed by atoms with Crippen LogP contribution in [-0.2, 0) is 16.4 Å². The predicted octanol–water partition coefficient (Wildman–Crippen LogP) is 4.68. The lowest BCUT2D eigenvalue weighted by Gasteiger charge is -2.10. The second-order valence-corrected chi connectivity index (χ2v) is 9.71. The maximum atomic E-state index is 12.5. The number of sulfonamides is 1. The van der Waals surface area contributed by atoms with Crippen LogP contribution in [0, 0.1) is 0 Å². The molecule has 154 valence electrons. The Kier molecular flexibility index (Phi) is 5.94. The normalized spacial score (nSPS) is 11.7. The maximum absolute atomic E-state index is 12.5. The highest BCUT2D eigenvalue weighted by atomic mass is 35.5. The Morgan fingerprint density at radius 1 is 1.10 bits per heavy atom. The molecule has 0 amide bonds. The van der Waals surface area contributed by atoms with E-state index in [-0.39, 0.29) is 4.90 Å². The summed E-state index contributed by atoms with van der Waals surface area (Å²) in [5, 5.41) is 5.62. The van der Waals surface area contributed by atoms with Gasteiger partial charge in [0.05, 0.1) is 4.90 Å². The van der Waals surface area contributed by atoms with Crippen LogP contribution < -0.4 is 4.72 Å². The number of halogens is 1. The second kappa shape index (κ2) is 8.63. The fraction of sp³-hybridized carbons (Fsp3) is 0.150. The van der Waals surface area contributed by atoms with Crippen molar-refractivity contribution in [3.8, 4) is 0 Å². The average Bonchev–Trinajstić information content (AvgIpc) is 3.19. The van der Waals surface area contributed by atoms with Gasteiger partial charge in [-0.25, -0.2) is 13.4 Å². The molecule has 30 heavy (non-hydrogen) atoms. The van der Waals surface area contributed by atoms with E-state index in [1.807, 2.05) is 18.2 Å². The van der Waals surface area contributed by atoms with Crippen molar-refractivity contribution in [3.63, 3.8) is 0 Å². The third-order valence-electron chi connectivity index (χ3n) is 4.23. The molecule has 0 aliphatic heterocycles. The number of anilines is 1. The van der Waals surface area contributed by atoms with Gasteiger partial charge in [0.15, 0.2) is 0 Å². The third kappa shape index (κ3) is 4.58. The standard InChI is InChI=1S/C20H18ClN5O2S2/c1-2-3-16-12-19(26-20(24-16)22-13-23-26)29-17-8-6-15(7-9-17)25-30(27,28)18-10-4-14(21)5-11-18/h4-13,25H,2-3H2,1H3. The van der Waals surface area contributed by atoms with Gasteiger partial charge in [-0.05, 0) is 61.0 Å². The van der Waals surface area contributed by atoms with Gasteiger partial charge in [-0.3, -0.25) is 4.72 Å². The lowest BCUT2D eigenvalue weighted by molar-refractivity contribution is 0.601. The molecular formula is C20H18ClN5O2S2. The van der Waals surface area contributed by atoms with Crippen LogP contribution in [-0.4, -0.2) is 28.0 Å². The highest BCUT2D eigenvalue weighted by molar-refractivity contribution is 7.99. The number of aryl methyl sites for hydroxylation is 1. The summed E-state index contributed by atoms with van der Waals surface area (Å²) >= 11 is 7.35. The van der Waals surface area contributed by atoms with Crippen molar-refractivity contribution in [1.82, 2.24) is 19.6 Å². The van der Waals surface area contributed by atoms with Gasteiger partial charge in [0.1, 0.15) is 11.4 Å². The molecule has 0 unspecified atom stereocenters. The van der Waals surface area contributed by atoms with Crippen molar-refractivity contribution in [2.45, 2.75) is 34.6 Å². The first kappa shape index (κ1) is 20.6. The largest absolute Gasteiger partial charge is 0.280 e. The number of aromatic nitrogens is 4. The highest BCUT2D eigenvalue weighted by Crippen LogP contribution is 2.29. The van der Waals surface area contributed by atoms with E-state index in [9.17, 15) is 8.42 Å². The summed E-state index contributed by atoms with van der Waals surface area (Å²) in [5.41, 5.74) is 1.44. The Morgan fingerprint density at radius 2 is 1.83 bits per heavy atom. The van der Waals surface area contributed by atoms with Gasteiger partial charge in [-0.1, -0.05) is 36.7 Å². The molecule has 0 saturated heterocycles. The molecule has 0 aliphatic rings. The molecule has 4 aromatic rings. The van der Waals surface area contributed by atoms with E-state index in [0.717, 1.165) is 28.5 Å². The van der Waals surface area contributed by atoms with Crippen LogP contribution in [0.25, 0.3) is 5.78 Å². The zero-order valence-electron chi connectivity index (χ0n) is 16.0. The molecule has 2 heterocycles. The number of rotatable bonds is 7. The van der Waals surface area contributed by atoms with E-state index in [4.69, 9.17) is 11.6 Å². The summed E-state index contributed by atoms with van der Waals surface area (Å²) in [6.07, 6.45) is 3.34. The van der Waals surface area contributed by atoms with Crippen molar-refractivity contribution in [3.05, 3.63) is 71.6 Å². The first-order chi connectivity index (χ1) is 14.4. The summed E-state index contributed by atoms with van der Waals surface area (Å²) in [4.78, 5) is 9.79. The monoisotopic (exact) mass is 459 g/mol. The van der Waals surface area contributed by atoms with Crippen LogP contribution in [0.5, 0.6) is 0 Å². The smallest absolute Gasteiger partial charge is 0.261 e. The molecule has 2 aromatic carbocycles. The van der Waals surface area contributed by atoms with E-state index < -0.39 is 10.0 Å². The van der Waals surface area contributed by atoms with Gasteiger partial charge in [-0.2, -0.15) is 14.6 Å². The molecule has 0 spiro atoms. The number of benzene rings is 2. The minimum atomic E-state index is -3.68. The fourth-order valence-corrected chi connectivity index (χ4v) is 4.94. The summed E-state index contributed by atoms with van der Waals surface area (Å²) in [7, 11) is -3.68. The van der Waals surface area contributed by atoms with Crippen LogP contribution in [0.3, 0.4) is 0 Å². The lowest BCUT2D eigenvalue weighted by atomic mass is 10.2. The van der Waals surface area contributed by atoms with Gasteiger partial charge >= 0.3 is 0 Å². The fourth-order valence-electron chi connectivity index (χ4n) is 2.83. The van der Waals surface area contributed by atoms with E-state index >= 15 is 0 Å². The maximum Gasteiger partial charge on any atom is 0.261 e. The van der Waals surface area contributed by atoms with Gasteiger partial charge in [0.2, 0.25) is 0 Å². The average molecular weight is 460 g/mol. The van der Waals surface area contributed by atoms with Crippen molar-refractivity contribution in [2.75, 3.05) is 4.72 Å². The molecule has 10 heteroatoms. The summed E-state index contributed by atoms with van der Waals surface area (Å²) in [5.74, 6) is 0.566. The summed E-state index contributed by atoms with van der Waals surface area (Å²) in [6.45, 7) is 2.10. The number of fused-ring (bicyclic) bond motifs is 1. The minimum absolute atomic E-state index is 0.152. The SMILES string of the molecule is CCCc1cc(Sc2ccc(NS(=O)(=O)c3ccc(Cl)cc3)cc2)n2ncnc2n1. The Hall–Kier alpha value is -2.62. The molecular weight excluding hydrogens is 442 g/mol. The minimum Gasteiger partial charge on any atom is -0.280 e. The molecule has 1 N–H and O–H groups in total. The van der Waals surface area contributed by atoms with Gasteiger partial charge in [0, 0.05) is 21.3 Å². The van der Waals surface area contributed by atoms with Crippen molar-refractivity contribution in [2.24, 2.45) is 0 Å². The predicted molar refractivity (Wildman–Crippen MR) is 118 cm³/mol. The number of hydrogen-bond acceptors (Lipinski definition) is 6. The quantitative estimate of drug-likeness (QED) is 0.403. The number of nitrogens with one attached hydrogen (secondary N) is 1. The molecule has 0 atom stereocenters. The van der Waals surface area contributed by atoms with Crippen LogP contribution in [0.2, 0.25) is 5.02 Å². The molecule has 0 bridgehead atoms. The van der Waals surface area contributed by atoms with Crippen molar-refractivity contribution >= 4 is 44.9 Å². The molecule has 0 radical (unpaired) electrons. The van der Waals surface area contributed by atoms with Crippen molar-refractivity contribution < 1.29 is 8.42 Å². The van der Waals surface area contributed by atoms with E-state index in [0.29, 0.717) is 16.5 Å². The molecule has 0 saturated carbocycles. The van der Waals surface area contributed by atoms with E-state index in [2.05, 4.69) is 26.7 Å². The Bertz CT molecular complexity index is 1270. The molecule has 0 aliphatic carbocycles. The topological polar surface area (TPSA) is 89.2 Å². The van der Waals surface area contributed by atoms with E-state index in [1.54, 1.807) is 28.8 Å².